The van der Waals surface area contributed by atoms with E-state index < -0.39 is 11.0 Å². The van der Waals surface area contributed by atoms with Crippen molar-refractivity contribution in [2.75, 3.05) is 29.9 Å². The van der Waals surface area contributed by atoms with E-state index in [9.17, 15) is 19.7 Å². The molecule has 2 aliphatic heterocycles. The first-order valence-corrected chi connectivity index (χ1v) is 10.2. The van der Waals surface area contributed by atoms with E-state index in [1.807, 2.05) is 24.3 Å². The van der Waals surface area contributed by atoms with Crippen molar-refractivity contribution in [3.63, 3.8) is 0 Å². The molecule has 0 aromatic heterocycles. The second-order valence-corrected chi connectivity index (χ2v) is 7.72. The van der Waals surface area contributed by atoms with Crippen LogP contribution in [0, 0.1) is 10.1 Å². The Labute approximate surface area is 174 Å². The molecule has 30 heavy (non-hydrogen) atoms. The summed E-state index contributed by atoms with van der Waals surface area (Å²) < 4.78 is 0. The number of benzene rings is 2. The Bertz CT molecular complexity index is 1000. The van der Waals surface area contributed by atoms with Gasteiger partial charge in [-0.05, 0) is 49.9 Å². The number of hydrogen-bond donors (Lipinski definition) is 1. The number of likely N-dealkylation sites (tertiary alicyclic amines) is 1. The van der Waals surface area contributed by atoms with Crippen molar-refractivity contribution in [3.05, 3.63) is 63.7 Å². The fourth-order valence-electron chi connectivity index (χ4n) is 4.16. The van der Waals surface area contributed by atoms with Gasteiger partial charge in [0.25, 0.3) is 11.6 Å². The molecule has 0 aliphatic carbocycles. The fraction of sp³-hybridized carbons (Fsp3) is 0.364. The Morgan fingerprint density at radius 2 is 1.83 bits per heavy atom. The summed E-state index contributed by atoms with van der Waals surface area (Å²) in [6.07, 6.45) is 2.63. The molecule has 2 aromatic carbocycles. The standard InChI is InChI=1S/C22H24N4O4/c1-15(21(27)25-13-10-16-6-2-3-7-19(16)25)23-17-8-9-20(26(29)30)18(14-17)22(28)24-11-4-5-12-24/h2-3,6-9,14-15,23H,4-5,10-13H2,1H3. The summed E-state index contributed by atoms with van der Waals surface area (Å²) in [6.45, 7) is 3.60. The highest BCUT2D eigenvalue weighted by molar-refractivity contribution is 6.01. The number of rotatable bonds is 5. The number of para-hydroxylation sites is 1. The lowest BCUT2D eigenvalue weighted by molar-refractivity contribution is -0.385. The van der Waals surface area contributed by atoms with Crippen LogP contribution in [-0.4, -0.2) is 47.3 Å². The number of fused-ring (bicyclic) bond motifs is 1. The quantitative estimate of drug-likeness (QED) is 0.605. The van der Waals surface area contributed by atoms with Crippen molar-refractivity contribution >= 4 is 28.9 Å². The zero-order valence-electron chi connectivity index (χ0n) is 16.8. The number of nitro groups is 1. The van der Waals surface area contributed by atoms with Gasteiger partial charge in [0.05, 0.1) is 4.92 Å². The van der Waals surface area contributed by atoms with Crippen molar-refractivity contribution in [3.8, 4) is 0 Å². The molecular weight excluding hydrogens is 384 g/mol. The molecule has 0 saturated carbocycles. The maximum absolute atomic E-state index is 13.0. The maximum atomic E-state index is 13.0. The molecule has 4 rings (SSSR count). The highest BCUT2D eigenvalue weighted by Crippen LogP contribution is 2.29. The summed E-state index contributed by atoms with van der Waals surface area (Å²) in [5.41, 5.74) is 2.41. The van der Waals surface area contributed by atoms with Crippen molar-refractivity contribution in [2.24, 2.45) is 0 Å². The predicted molar refractivity (Wildman–Crippen MR) is 114 cm³/mol. The molecule has 8 heteroatoms. The van der Waals surface area contributed by atoms with Gasteiger partial charge in [0.2, 0.25) is 5.91 Å². The third-order valence-electron chi connectivity index (χ3n) is 5.72. The van der Waals surface area contributed by atoms with Crippen LogP contribution in [0.25, 0.3) is 0 Å². The SMILES string of the molecule is CC(Nc1ccc([N+](=O)[O-])c(C(=O)N2CCCC2)c1)C(=O)N1CCc2ccccc21. The molecular formula is C22H24N4O4. The van der Waals surface area contributed by atoms with Gasteiger partial charge in [0, 0.05) is 37.1 Å². The number of nitro benzene ring substituents is 1. The maximum Gasteiger partial charge on any atom is 0.282 e. The Balaban J connectivity index is 1.54. The molecule has 2 aliphatic rings. The molecule has 156 valence electrons. The number of anilines is 2. The van der Waals surface area contributed by atoms with E-state index in [4.69, 9.17) is 0 Å². The molecule has 0 radical (unpaired) electrons. The first-order valence-electron chi connectivity index (χ1n) is 10.2. The third kappa shape index (κ3) is 3.72. The Morgan fingerprint density at radius 3 is 2.57 bits per heavy atom. The summed E-state index contributed by atoms with van der Waals surface area (Å²) in [4.78, 5) is 40.1. The fourth-order valence-corrected chi connectivity index (χ4v) is 4.16. The Morgan fingerprint density at radius 1 is 1.10 bits per heavy atom. The van der Waals surface area contributed by atoms with Crippen LogP contribution in [0.15, 0.2) is 42.5 Å². The van der Waals surface area contributed by atoms with E-state index in [0.29, 0.717) is 25.3 Å². The average Bonchev–Trinajstić information content (AvgIpc) is 3.42. The topological polar surface area (TPSA) is 95.8 Å². The largest absolute Gasteiger partial charge is 0.374 e. The lowest BCUT2D eigenvalue weighted by atomic mass is 10.1. The molecule has 0 bridgehead atoms. The highest BCUT2D eigenvalue weighted by atomic mass is 16.6. The molecule has 0 spiro atoms. The highest BCUT2D eigenvalue weighted by Gasteiger charge is 2.30. The van der Waals surface area contributed by atoms with E-state index in [1.165, 1.54) is 12.1 Å². The lowest BCUT2D eigenvalue weighted by Gasteiger charge is -2.23. The summed E-state index contributed by atoms with van der Waals surface area (Å²) in [5.74, 6) is -0.416. The monoisotopic (exact) mass is 408 g/mol. The minimum absolute atomic E-state index is 0.0538. The molecule has 8 nitrogen and oxygen atoms in total. The molecule has 2 amide bonds. The van der Waals surface area contributed by atoms with Crippen molar-refractivity contribution in [2.45, 2.75) is 32.2 Å². The number of carbonyl (C=O) groups is 2. The summed E-state index contributed by atoms with van der Waals surface area (Å²) >= 11 is 0. The van der Waals surface area contributed by atoms with Crippen LogP contribution < -0.4 is 10.2 Å². The van der Waals surface area contributed by atoms with Crippen LogP contribution in [0.1, 0.15) is 35.7 Å². The number of hydrogen-bond acceptors (Lipinski definition) is 5. The zero-order chi connectivity index (χ0) is 21.3. The van der Waals surface area contributed by atoms with Gasteiger partial charge in [-0.2, -0.15) is 0 Å². The summed E-state index contributed by atoms with van der Waals surface area (Å²) in [5, 5.41) is 14.5. The molecule has 1 unspecified atom stereocenters. The van der Waals surface area contributed by atoms with Gasteiger partial charge < -0.3 is 15.1 Å². The van der Waals surface area contributed by atoms with Crippen LogP contribution in [0.2, 0.25) is 0 Å². The average molecular weight is 408 g/mol. The Hall–Kier alpha value is -3.42. The van der Waals surface area contributed by atoms with Crippen LogP contribution in [0.3, 0.4) is 0 Å². The first-order chi connectivity index (χ1) is 14.5. The Kier molecular flexibility index (Phi) is 5.39. The minimum Gasteiger partial charge on any atom is -0.374 e. The summed E-state index contributed by atoms with van der Waals surface area (Å²) in [6, 6.07) is 11.6. The van der Waals surface area contributed by atoms with E-state index in [2.05, 4.69) is 5.32 Å². The molecule has 1 atom stereocenters. The normalized spacial score (nSPS) is 16.3. The third-order valence-corrected chi connectivity index (χ3v) is 5.72. The second-order valence-electron chi connectivity index (χ2n) is 7.72. The molecule has 2 aromatic rings. The van der Waals surface area contributed by atoms with E-state index >= 15 is 0 Å². The number of nitrogens with one attached hydrogen (secondary N) is 1. The van der Waals surface area contributed by atoms with Gasteiger partial charge >= 0.3 is 0 Å². The van der Waals surface area contributed by atoms with Crippen LogP contribution in [0.4, 0.5) is 17.1 Å². The minimum atomic E-state index is -0.549. The van der Waals surface area contributed by atoms with Crippen LogP contribution in [0.5, 0.6) is 0 Å². The van der Waals surface area contributed by atoms with Crippen molar-refractivity contribution in [1.82, 2.24) is 4.90 Å². The number of nitrogens with zero attached hydrogens (tertiary/aromatic N) is 3. The lowest BCUT2D eigenvalue weighted by Crippen LogP contribution is -2.40. The number of carbonyl (C=O) groups excluding carboxylic acids is 2. The smallest absolute Gasteiger partial charge is 0.282 e. The van der Waals surface area contributed by atoms with E-state index in [-0.39, 0.29) is 23.1 Å². The van der Waals surface area contributed by atoms with E-state index in [1.54, 1.807) is 22.8 Å². The first kappa shape index (κ1) is 19.9. The van der Waals surface area contributed by atoms with Gasteiger partial charge in [0.1, 0.15) is 11.6 Å². The van der Waals surface area contributed by atoms with Gasteiger partial charge in [-0.25, -0.2) is 0 Å². The zero-order valence-corrected chi connectivity index (χ0v) is 16.8. The van der Waals surface area contributed by atoms with Crippen LogP contribution in [-0.2, 0) is 11.2 Å². The molecule has 2 heterocycles. The summed E-state index contributed by atoms with van der Waals surface area (Å²) in [7, 11) is 0. The van der Waals surface area contributed by atoms with E-state index in [0.717, 1.165) is 30.5 Å². The van der Waals surface area contributed by atoms with Crippen molar-refractivity contribution in [1.29, 1.82) is 0 Å². The molecule has 1 fully saturated rings. The van der Waals surface area contributed by atoms with Crippen molar-refractivity contribution < 1.29 is 14.5 Å². The predicted octanol–water partition coefficient (Wildman–Crippen LogP) is 3.22. The van der Waals surface area contributed by atoms with Crippen LogP contribution >= 0.6 is 0 Å². The van der Waals surface area contributed by atoms with Gasteiger partial charge in [0.15, 0.2) is 0 Å². The second kappa shape index (κ2) is 8.14. The number of amides is 2. The van der Waals surface area contributed by atoms with Gasteiger partial charge in [-0.3, -0.25) is 19.7 Å². The molecule has 1 saturated heterocycles. The van der Waals surface area contributed by atoms with Gasteiger partial charge in [-0.1, -0.05) is 18.2 Å². The molecule has 1 N–H and O–H groups in total. The van der Waals surface area contributed by atoms with Gasteiger partial charge in [-0.15, -0.1) is 0 Å².